The molecule has 1 N–H and O–H groups in total. The van der Waals surface area contributed by atoms with E-state index in [2.05, 4.69) is 10.7 Å². The molecule has 1 amide bonds. The van der Waals surface area contributed by atoms with Crippen LogP contribution in [0, 0.1) is 6.92 Å². The van der Waals surface area contributed by atoms with E-state index in [-0.39, 0.29) is 18.9 Å². The van der Waals surface area contributed by atoms with Crippen LogP contribution in [0.25, 0.3) is 11.1 Å². The third kappa shape index (κ3) is 7.77. The predicted molar refractivity (Wildman–Crippen MR) is 129 cm³/mol. The van der Waals surface area contributed by atoms with Crippen molar-refractivity contribution in [3.8, 4) is 11.1 Å². The molecule has 0 aliphatic rings. The average Bonchev–Trinajstić information content (AvgIpc) is 3.30. The van der Waals surface area contributed by atoms with Crippen LogP contribution >= 0.6 is 23.1 Å². The van der Waals surface area contributed by atoms with Crippen LogP contribution in [-0.4, -0.2) is 29.9 Å². The van der Waals surface area contributed by atoms with Crippen LogP contribution in [0.5, 0.6) is 0 Å². The maximum absolute atomic E-state index is 13.1. The molecular formula is C25H26LiNO4S2. The smallest absolute Gasteiger partial charge is 0.548 e. The average molecular weight is 476 g/mol. The van der Waals surface area contributed by atoms with E-state index >= 15 is 0 Å². The van der Waals surface area contributed by atoms with E-state index < -0.39 is 17.9 Å². The van der Waals surface area contributed by atoms with Gasteiger partial charge in [0.15, 0.2) is 0 Å². The molecule has 0 unspecified atom stereocenters. The number of carbonyl (C=O) groups excluding carboxylic acids is 2. The van der Waals surface area contributed by atoms with Gasteiger partial charge in [-0.05, 0) is 82.1 Å². The van der Waals surface area contributed by atoms with Crippen LogP contribution in [0.3, 0.4) is 0 Å². The van der Waals surface area contributed by atoms with Crippen molar-refractivity contribution in [1.29, 1.82) is 0 Å². The third-order valence-corrected chi connectivity index (χ3v) is 6.46. The second-order valence-corrected chi connectivity index (χ2v) is 9.21. The van der Waals surface area contributed by atoms with E-state index in [9.17, 15) is 14.7 Å². The second kappa shape index (κ2) is 13.6. The fourth-order valence-corrected chi connectivity index (χ4v) is 4.48. The normalized spacial score (nSPS) is 11.5. The zero-order valence-corrected chi connectivity index (χ0v) is 20.8. The first kappa shape index (κ1) is 27.2. The van der Waals surface area contributed by atoms with Gasteiger partial charge in [-0.2, -0.15) is 23.1 Å². The third-order valence-electron chi connectivity index (χ3n) is 5.08. The molecule has 5 nitrogen and oxygen atoms in total. The Hall–Kier alpha value is -2.01. The van der Waals surface area contributed by atoms with Gasteiger partial charge >= 0.3 is 18.9 Å². The number of hydrogen-bond acceptors (Lipinski definition) is 6. The van der Waals surface area contributed by atoms with Gasteiger partial charge in [0.05, 0.1) is 25.2 Å². The monoisotopic (exact) mass is 475 g/mol. The number of aryl methyl sites for hydroxylation is 1. The maximum atomic E-state index is 13.1. The number of benzene rings is 2. The van der Waals surface area contributed by atoms with Gasteiger partial charge in [-0.25, -0.2) is 0 Å². The molecule has 0 aliphatic heterocycles. The Kier molecular flexibility index (Phi) is 11.3. The van der Waals surface area contributed by atoms with E-state index in [0.29, 0.717) is 31.0 Å². The van der Waals surface area contributed by atoms with Gasteiger partial charge in [-0.1, -0.05) is 30.3 Å². The van der Waals surface area contributed by atoms with Crippen molar-refractivity contribution >= 4 is 35.0 Å². The van der Waals surface area contributed by atoms with Gasteiger partial charge in [0.2, 0.25) is 0 Å². The minimum Gasteiger partial charge on any atom is -0.548 e. The number of hydrogen-bond donors (Lipinski definition) is 1. The molecule has 3 aromatic rings. The topological polar surface area (TPSA) is 78.5 Å². The summed E-state index contributed by atoms with van der Waals surface area (Å²) in [6.45, 7) is 2.92. The Bertz CT molecular complexity index is 1060. The van der Waals surface area contributed by atoms with E-state index in [1.807, 2.05) is 61.0 Å². The minimum atomic E-state index is -1.27. The number of ether oxygens (including phenoxy) is 1. The number of carboxylic acids is 1. The fraction of sp³-hybridized carbons (Fsp3) is 0.280. The predicted octanol–water partition coefficient (Wildman–Crippen LogP) is 1.05. The molecule has 1 aromatic heterocycles. The van der Waals surface area contributed by atoms with Gasteiger partial charge in [0.25, 0.3) is 5.91 Å². The molecule has 33 heavy (non-hydrogen) atoms. The Morgan fingerprint density at radius 2 is 1.85 bits per heavy atom. The number of aliphatic carboxylic acids is 1. The Morgan fingerprint density at radius 3 is 2.52 bits per heavy atom. The van der Waals surface area contributed by atoms with Crippen molar-refractivity contribution in [3.05, 3.63) is 81.5 Å². The molecule has 1 atom stereocenters. The molecule has 2 aromatic carbocycles. The SMILES string of the molecule is CSCC[C@H](NC(=O)c1ccc(COCc2ccsc2)cc1-c1ccccc1C)C(=O)[O-].[Li+]. The molecule has 0 aliphatic carbocycles. The van der Waals surface area contributed by atoms with Crippen LogP contribution in [0.2, 0.25) is 0 Å². The minimum absolute atomic E-state index is 0. The number of carboxylic acid groups (broad SMARTS) is 1. The molecule has 0 radical (unpaired) electrons. The Balaban J connectivity index is 0.00000385. The van der Waals surface area contributed by atoms with Crippen molar-refractivity contribution < 1.29 is 38.3 Å². The number of rotatable bonds is 11. The van der Waals surface area contributed by atoms with Gasteiger partial charge in [0.1, 0.15) is 0 Å². The first-order valence-electron chi connectivity index (χ1n) is 10.3. The Labute approximate surface area is 215 Å². The molecule has 3 rings (SSSR count). The molecule has 0 spiro atoms. The summed E-state index contributed by atoms with van der Waals surface area (Å²) >= 11 is 3.16. The van der Waals surface area contributed by atoms with E-state index in [1.165, 1.54) is 11.8 Å². The van der Waals surface area contributed by atoms with Gasteiger partial charge < -0.3 is 20.0 Å². The largest absolute Gasteiger partial charge is 1.00 e. The standard InChI is InChI=1S/C25H27NO4S2.Li/c1-17-5-3-4-6-20(17)22-13-18(14-30-15-19-9-12-32-16-19)7-8-21(22)24(27)26-23(25(28)29)10-11-31-2;/h3-9,12-13,16,23H,10-11,14-15H2,1-2H3,(H,26,27)(H,28,29);/q;+1/p-1/t23-;/m0./s1. The van der Waals surface area contributed by atoms with Gasteiger partial charge in [-0.15, -0.1) is 0 Å². The van der Waals surface area contributed by atoms with Crippen molar-refractivity contribution in [2.45, 2.75) is 32.6 Å². The number of thioether (sulfide) groups is 1. The number of nitrogens with one attached hydrogen (secondary N) is 1. The van der Waals surface area contributed by atoms with Crippen LogP contribution in [0.1, 0.15) is 33.5 Å². The molecule has 0 fully saturated rings. The van der Waals surface area contributed by atoms with Gasteiger partial charge in [0, 0.05) is 5.56 Å². The summed E-state index contributed by atoms with van der Waals surface area (Å²) in [5.74, 6) is -1.09. The fourth-order valence-electron chi connectivity index (χ4n) is 3.36. The molecular weight excluding hydrogens is 449 g/mol. The van der Waals surface area contributed by atoms with Crippen LogP contribution < -0.4 is 29.3 Å². The molecule has 0 saturated heterocycles. The molecule has 1 heterocycles. The summed E-state index contributed by atoms with van der Waals surface area (Å²) in [7, 11) is 0. The Morgan fingerprint density at radius 1 is 1.09 bits per heavy atom. The first-order valence-corrected chi connectivity index (χ1v) is 12.6. The summed E-state index contributed by atoms with van der Waals surface area (Å²) in [4.78, 5) is 24.6. The number of amides is 1. The number of carbonyl (C=O) groups is 2. The molecule has 8 heteroatoms. The van der Waals surface area contributed by atoms with E-state index in [4.69, 9.17) is 4.74 Å². The number of thiophene rings is 1. The second-order valence-electron chi connectivity index (χ2n) is 7.45. The quantitative estimate of drug-likeness (QED) is 0.420. The summed E-state index contributed by atoms with van der Waals surface area (Å²) in [5.41, 5.74) is 5.19. The summed E-state index contributed by atoms with van der Waals surface area (Å²) < 4.78 is 5.84. The first-order chi connectivity index (χ1) is 15.5. The van der Waals surface area contributed by atoms with Gasteiger partial charge in [-0.3, -0.25) is 4.79 Å². The van der Waals surface area contributed by atoms with Crippen LogP contribution in [0.15, 0.2) is 59.3 Å². The van der Waals surface area contributed by atoms with E-state index in [0.717, 1.165) is 27.8 Å². The van der Waals surface area contributed by atoms with Crippen molar-refractivity contribution in [2.24, 2.45) is 0 Å². The van der Waals surface area contributed by atoms with Crippen LogP contribution in [0.4, 0.5) is 0 Å². The summed E-state index contributed by atoms with van der Waals surface area (Å²) in [5, 5.41) is 18.2. The summed E-state index contributed by atoms with van der Waals surface area (Å²) in [6.07, 6.45) is 2.20. The molecule has 168 valence electrons. The molecule has 0 bridgehead atoms. The van der Waals surface area contributed by atoms with Crippen molar-refractivity contribution in [2.75, 3.05) is 12.0 Å². The van der Waals surface area contributed by atoms with Crippen molar-refractivity contribution in [1.82, 2.24) is 5.32 Å². The summed E-state index contributed by atoms with van der Waals surface area (Å²) in [6, 6.07) is 14.3. The maximum Gasteiger partial charge on any atom is 1.00 e. The molecule has 0 saturated carbocycles. The zero-order valence-electron chi connectivity index (χ0n) is 19.1. The van der Waals surface area contributed by atoms with E-state index in [1.54, 1.807) is 17.4 Å². The zero-order chi connectivity index (χ0) is 22.9. The van der Waals surface area contributed by atoms with Crippen molar-refractivity contribution in [3.63, 3.8) is 0 Å². The van der Waals surface area contributed by atoms with Crippen LogP contribution in [-0.2, 0) is 22.7 Å².